The Kier molecular flexibility index (Phi) is 18.2. The highest BCUT2D eigenvalue weighted by molar-refractivity contribution is 5.76. The second kappa shape index (κ2) is 19.9. The smallest absolute Gasteiger partial charge is 0.323 e. The molecule has 0 radical (unpaired) electrons. The summed E-state index contributed by atoms with van der Waals surface area (Å²) in [5.41, 5.74) is -0.468. The van der Waals surface area contributed by atoms with Crippen LogP contribution in [-0.2, 0) is 19.1 Å². The minimum absolute atomic E-state index is 0.0465. The molecule has 212 valence electrons. The molecule has 0 aromatic carbocycles. The fourth-order valence-corrected chi connectivity index (χ4v) is 4.82. The van der Waals surface area contributed by atoms with E-state index in [1.54, 1.807) is 0 Å². The molecule has 6 nitrogen and oxygen atoms in total. The number of β-amino-alcohol motifs (C(OH)–C–C–N with tert-alkyl or cyclic N) is 1. The Labute approximate surface area is 221 Å². The van der Waals surface area contributed by atoms with Gasteiger partial charge in [-0.05, 0) is 52.4 Å². The van der Waals surface area contributed by atoms with E-state index >= 15 is 0 Å². The number of aliphatic hydroxyl groups is 1. The minimum Gasteiger partial charge on any atom is -0.465 e. The lowest BCUT2D eigenvalue weighted by atomic mass is 9.86. The van der Waals surface area contributed by atoms with Gasteiger partial charge in [0.25, 0.3) is 0 Å². The fourth-order valence-electron chi connectivity index (χ4n) is 4.82. The molecule has 1 rings (SSSR count). The summed E-state index contributed by atoms with van der Waals surface area (Å²) in [6.07, 6.45) is 19.0. The third-order valence-electron chi connectivity index (χ3n) is 7.42. The zero-order valence-electron chi connectivity index (χ0n) is 24.0. The van der Waals surface area contributed by atoms with Gasteiger partial charge >= 0.3 is 11.9 Å². The number of carbonyl (C=O) groups excluding carboxylic acids is 2. The van der Waals surface area contributed by atoms with Gasteiger partial charge in [-0.15, -0.1) is 0 Å². The average Bonchev–Trinajstić information content (AvgIpc) is 3.29. The zero-order valence-corrected chi connectivity index (χ0v) is 24.0. The predicted molar refractivity (Wildman–Crippen MR) is 147 cm³/mol. The zero-order chi connectivity index (χ0) is 26.7. The standard InChI is InChI=1S/C30H57NO5/c1-5-7-9-11-15-19-26(20-16-12-10-8-6-2)36-29(34)30(3,4)21-17-13-14-18-22-35-28(33)27-23-25(32)24-31-27/h25-27,31-32H,5-24H2,1-4H3/t25-,27-/m0/s1. The van der Waals surface area contributed by atoms with Crippen LogP contribution < -0.4 is 5.32 Å². The Bertz CT molecular complexity index is 566. The molecule has 2 N–H and O–H groups in total. The summed E-state index contributed by atoms with van der Waals surface area (Å²) >= 11 is 0. The summed E-state index contributed by atoms with van der Waals surface area (Å²) < 4.78 is 11.4. The first-order valence-electron chi connectivity index (χ1n) is 15.1. The van der Waals surface area contributed by atoms with E-state index in [2.05, 4.69) is 19.2 Å². The van der Waals surface area contributed by atoms with Gasteiger partial charge in [-0.2, -0.15) is 0 Å². The number of nitrogens with one attached hydrogen (secondary N) is 1. The Morgan fingerprint density at radius 1 is 0.861 bits per heavy atom. The Balaban J connectivity index is 2.27. The van der Waals surface area contributed by atoms with Gasteiger partial charge in [0.05, 0.1) is 18.1 Å². The van der Waals surface area contributed by atoms with E-state index in [1.807, 2.05) is 13.8 Å². The maximum Gasteiger partial charge on any atom is 0.323 e. The number of hydrogen-bond acceptors (Lipinski definition) is 6. The van der Waals surface area contributed by atoms with Gasteiger partial charge in [0.15, 0.2) is 0 Å². The lowest BCUT2D eigenvalue weighted by Gasteiger charge is -2.27. The maximum atomic E-state index is 13.0. The highest BCUT2D eigenvalue weighted by atomic mass is 16.5. The van der Waals surface area contributed by atoms with Crippen LogP contribution in [0.3, 0.4) is 0 Å². The molecular weight excluding hydrogens is 454 g/mol. The van der Waals surface area contributed by atoms with Crippen molar-refractivity contribution < 1.29 is 24.2 Å². The third kappa shape index (κ3) is 15.2. The molecule has 0 aliphatic carbocycles. The quantitative estimate of drug-likeness (QED) is 0.122. The number of aliphatic hydroxyl groups excluding tert-OH is 1. The number of hydrogen-bond donors (Lipinski definition) is 2. The summed E-state index contributed by atoms with van der Waals surface area (Å²) in [6.45, 7) is 9.37. The number of esters is 2. The Hall–Kier alpha value is -1.14. The number of rotatable bonds is 22. The van der Waals surface area contributed by atoms with Crippen molar-refractivity contribution in [3.63, 3.8) is 0 Å². The summed E-state index contributed by atoms with van der Waals surface area (Å²) in [5.74, 6) is -0.310. The molecule has 1 aliphatic heterocycles. The number of unbranched alkanes of at least 4 members (excludes halogenated alkanes) is 11. The first kappa shape index (κ1) is 32.9. The molecule has 0 amide bonds. The Morgan fingerprint density at radius 3 is 1.97 bits per heavy atom. The van der Waals surface area contributed by atoms with Gasteiger partial charge in [0, 0.05) is 13.0 Å². The molecule has 1 aliphatic rings. The second-order valence-electron chi connectivity index (χ2n) is 11.5. The second-order valence-corrected chi connectivity index (χ2v) is 11.5. The van der Waals surface area contributed by atoms with E-state index in [-0.39, 0.29) is 24.1 Å². The SMILES string of the molecule is CCCCCCCC(CCCCCCC)OC(=O)C(C)(C)CCCCCCOC(=O)[C@@H]1C[C@H](O)CN1. The lowest BCUT2D eigenvalue weighted by molar-refractivity contribution is -0.161. The predicted octanol–water partition coefficient (Wildman–Crippen LogP) is 6.86. The van der Waals surface area contributed by atoms with Crippen molar-refractivity contribution >= 4 is 11.9 Å². The van der Waals surface area contributed by atoms with Gasteiger partial charge in [-0.1, -0.05) is 84.5 Å². The van der Waals surface area contributed by atoms with E-state index in [9.17, 15) is 14.7 Å². The van der Waals surface area contributed by atoms with Crippen LogP contribution in [0.15, 0.2) is 0 Å². The molecule has 0 spiro atoms. The normalized spacial score (nSPS) is 18.1. The van der Waals surface area contributed by atoms with Crippen molar-refractivity contribution in [1.82, 2.24) is 5.32 Å². The van der Waals surface area contributed by atoms with E-state index in [1.165, 1.54) is 51.4 Å². The van der Waals surface area contributed by atoms with Crippen molar-refractivity contribution in [1.29, 1.82) is 0 Å². The van der Waals surface area contributed by atoms with Crippen LogP contribution in [0.1, 0.15) is 143 Å². The van der Waals surface area contributed by atoms with E-state index in [0.717, 1.165) is 57.8 Å². The van der Waals surface area contributed by atoms with Crippen molar-refractivity contribution in [2.45, 2.75) is 162 Å². The topological polar surface area (TPSA) is 84.9 Å². The van der Waals surface area contributed by atoms with Crippen LogP contribution in [0, 0.1) is 5.41 Å². The van der Waals surface area contributed by atoms with Crippen molar-refractivity contribution in [2.24, 2.45) is 5.41 Å². The molecular formula is C30H57NO5. The molecule has 0 aromatic rings. The fraction of sp³-hybridized carbons (Fsp3) is 0.933. The highest BCUT2D eigenvalue weighted by Gasteiger charge is 2.31. The van der Waals surface area contributed by atoms with Crippen molar-refractivity contribution in [2.75, 3.05) is 13.2 Å². The largest absolute Gasteiger partial charge is 0.465 e. The first-order chi connectivity index (χ1) is 17.3. The van der Waals surface area contributed by atoms with Gasteiger partial charge in [0.2, 0.25) is 0 Å². The first-order valence-corrected chi connectivity index (χ1v) is 15.1. The van der Waals surface area contributed by atoms with Gasteiger partial charge in [-0.3, -0.25) is 9.59 Å². The average molecular weight is 512 g/mol. The lowest BCUT2D eigenvalue weighted by Crippen LogP contribution is -2.32. The van der Waals surface area contributed by atoms with E-state index < -0.39 is 11.5 Å². The molecule has 2 atom stereocenters. The number of ether oxygens (including phenoxy) is 2. The van der Waals surface area contributed by atoms with Crippen molar-refractivity contribution in [3.8, 4) is 0 Å². The Morgan fingerprint density at radius 2 is 1.42 bits per heavy atom. The molecule has 36 heavy (non-hydrogen) atoms. The van der Waals surface area contributed by atoms with Crippen LogP contribution in [0.2, 0.25) is 0 Å². The van der Waals surface area contributed by atoms with E-state index in [0.29, 0.717) is 19.6 Å². The molecule has 6 heteroatoms. The van der Waals surface area contributed by atoms with Crippen LogP contribution in [0.5, 0.6) is 0 Å². The molecule has 1 heterocycles. The van der Waals surface area contributed by atoms with Gasteiger partial charge in [0.1, 0.15) is 12.1 Å². The van der Waals surface area contributed by atoms with Crippen LogP contribution >= 0.6 is 0 Å². The maximum absolute atomic E-state index is 13.0. The van der Waals surface area contributed by atoms with Crippen LogP contribution in [-0.4, -0.2) is 48.4 Å². The molecule has 1 fully saturated rings. The summed E-state index contributed by atoms with van der Waals surface area (Å²) in [6, 6.07) is -0.372. The van der Waals surface area contributed by atoms with Gasteiger partial charge < -0.3 is 19.9 Å². The highest BCUT2D eigenvalue weighted by Crippen LogP contribution is 2.28. The molecule has 0 unspecified atom stereocenters. The third-order valence-corrected chi connectivity index (χ3v) is 7.42. The summed E-state index contributed by atoms with van der Waals surface area (Å²) in [7, 11) is 0. The van der Waals surface area contributed by atoms with Crippen molar-refractivity contribution in [3.05, 3.63) is 0 Å². The molecule has 0 bridgehead atoms. The molecule has 0 saturated carbocycles. The number of carbonyl (C=O) groups is 2. The van der Waals surface area contributed by atoms with Crippen LogP contribution in [0.4, 0.5) is 0 Å². The summed E-state index contributed by atoms with van der Waals surface area (Å²) in [5, 5.41) is 12.5. The molecule has 0 aromatic heterocycles. The molecule has 1 saturated heterocycles. The van der Waals surface area contributed by atoms with E-state index in [4.69, 9.17) is 9.47 Å². The summed E-state index contributed by atoms with van der Waals surface area (Å²) in [4.78, 5) is 25.0. The monoisotopic (exact) mass is 511 g/mol. The van der Waals surface area contributed by atoms with Crippen LogP contribution in [0.25, 0.3) is 0 Å². The van der Waals surface area contributed by atoms with Gasteiger partial charge in [-0.25, -0.2) is 0 Å². The minimum atomic E-state index is -0.468.